The Hall–Kier alpha value is -7.22. The van der Waals surface area contributed by atoms with E-state index in [2.05, 4.69) is 34.3 Å². The van der Waals surface area contributed by atoms with Gasteiger partial charge < -0.3 is 25.6 Å². The number of ether oxygens (including phenoxy) is 1. The van der Waals surface area contributed by atoms with Gasteiger partial charge in [-0.15, -0.1) is 0 Å². The second kappa shape index (κ2) is 14.9. The first-order chi connectivity index (χ1) is 23.9. The molecule has 0 aliphatic rings. The minimum absolute atomic E-state index is 0.00620. The summed E-state index contributed by atoms with van der Waals surface area (Å²) in [6, 6.07) is 41.6. The monoisotopic (exact) mass is 640 g/mol. The van der Waals surface area contributed by atoms with Gasteiger partial charge in [-0.1, -0.05) is 60.1 Å². The number of nitrogens with one attached hydrogen (secondary N) is 2. The zero-order chi connectivity index (χ0) is 34.0. The van der Waals surface area contributed by atoms with E-state index >= 15 is 0 Å². The maximum atomic E-state index is 12.9. The van der Waals surface area contributed by atoms with E-state index in [9.17, 15) is 19.8 Å². The topological polar surface area (TPSA) is 108 Å². The molecule has 0 unspecified atom stereocenters. The van der Waals surface area contributed by atoms with Crippen LogP contribution in [0.15, 0.2) is 146 Å². The molecule has 6 rings (SSSR count). The summed E-state index contributed by atoms with van der Waals surface area (Å²) in [5.74, 6) is 12.2. The molecule has 6 aromatic carbocycles. The van der Waals surface area contributed by atoms with Crippen molar-refractivity contribution in [1.82, 2.24) is 0 Å². The van der Waals surface area contributed by atoms with Crippen LogP contribution in [0.1, 0.15) is 43.0 Å². The van der Waals surface area contributed by atoms with Crippen LogP contribution in [0.5, 0.6) is 23.0 Å². The zero-order valence-corrected chi connectivity index (χ0v) is 26.0. The SMILES string of the molecule is O=C(Nc1ccc(Oc2ccc(NC(=O)c3ccc(O)c(C#Cc4ccccc4)c3)cc2)cc1)c1ccc(O)c(C#Cc2ccccc2)c1. The highest BCUT2D eigenvalue weighted by atomic mass is 16.5. The lowest BCUT2D eigenvalue weighted by Gasteiger charge is -2.10. The van der Waals surface area contributed by atoms with Gasteiger partial charge in [-0.2, -0.15) is 0 Å². The fourth-order valence-electron chi connectivity index (χ4n) is 4.63. The molecule has 236 valence electrons. The Morgan fingerprint density at radius 3 is 1.24 bits per heavy atom. The van der Waals surface area contributed by atoms with Gasteiger partial charge in [-0.05, 0) is 109 Å². The second-order valence-corrected chi connectivity index (χ2v) is 10.8. The summed E-state index contributed by atoms with van der Waals surface area (Å²) in [7, 11) is 0. The predicted octanol–water partition coefficient (Wildman–Crippen LogP) is 8.19. The van der Waals surface area contributed by atoms with Crippen molar-refractivity contribution in [2.75, 3.05) is 10.6 Å². The number of phenols is 2. The molecule has 4 N–H and O–H groups in total. The van der Waals surface area contributed by atoms with Crippen molar-refractivity contribution in [2.24, 2.45) is 0 Å². The number of rotatable bonds is 6. The van der Waals surface area contributed by atoms with Crippen LogP contribution in [0.3, 0.4) is 0 Å². The van der Waals surface area contributed by atoms with Crippen molar-refractivity contribution in [1.29, 1.82) is 0 Å². The third-order valence-electron chi connectivity index (χ3n) is 7.21. The van der Waals surface area contributed by atoms with Crippen LogP contribution >= 0.6 is 0 Å². The maximum Gasteiger partial charge on any atom is 0.255 e. The minimum atomic E-state index is -0.349. The third-order valence-corrected chi connectivity index (χ3v) is 7.21. The Balaban J connectivity index is 1.04. The van der Waals surface area contributed by atoms with Crippen molar-refractivity contribution in [3.8, 4) is 46.7 Å². The summed E-state index contributed by atoms with van der Waals surface area (Å²) in [6.07, 6.45) is 0. The smallest absolute Gasteiger partial charge is 0.255 e. The van der Waals surface area contributed by atoms with Gasteiger partial charge in [0, 0.05) is 33.6 Å². The Morgan fingerprint density at radius 2 is 0.857 bits per heavy atom. The van der Waals surface area contributed by atoms with Gasteiger partial charge >= 0.3 is 0 Å². The van der Waals surface area contributed by atoms with Crippen molar-refractivity contribution >= 4 is 23.2 Å². The zero-order valence-electron chi connectivity index (χ0n) is 26.0. The molecular formula is C42H28N2O5. The number of aromatic hydroxyl groups is 2. The van der Waals surface area contributed by atoms with Crippen LogP contribution in [-0.4, -0.2) is 22.0 Å². The number of hydrogen-bond acceptors (Lipinski definition) is 5. The van der Waals surface area contributed by atoms with E-state index in [1.165, 1.54) is 24.3 Å². The van der Waals surface area contributed by atoms with E-state index in [-0.39, 0.29) is 23.3 Å². The highest BCUT2D eigenvalue weighted by Crippen LogP contribution is 2.26. The number of carbonyl (C=O) groups is 2. The summed E-state index contributed by atoms with van der Waals surface area (Å²) in [5, 5.41) is 26.1. The lowest BCUT2D eigenvalue weighted by atomic mass is 10.1. The number of hydrogen-bond donors (Lipinski definition) is 4. The van der Waals surface area contributed by atoms with Crippen LogP contribution in [0.2, 0.25) is 0 Å². The van der Waals surface area contributed by atoms with E-state index in [0.717, 1.165) is 11.1 Å². The predicted molar refractivity (Wildman–Crippen MR) is 190 cm³/mol. The van der Waals surface area contributed by atoms with Crippen molar-refractivity contribution in [3.63, 3.8) is 0 Å². The van der Waals surface area contributed by atoms with Crippen LogP contribution in [0, 0.1) is 23.7 Å². The Bertz CT molecular complexity index is 2080. The third kappa shape index (κ3) is 8.53. The maximum absolute atomic E-state index is 12.9. The molecule has 0 bridgehead atoms. The largest absolute Gasteiger partial charge is 0.507 e. The number of carbonyl (C=O) groups excluding carboxylic acids is 2. The summed E-state index contributed by atoms with van der Waals surface area (Å²) < 4.78 is 5.94. The minimum Gasteiger partial charge on any atom is -0.507 e. The molecule has 0 heterocycles. The van der Waals surface area contributed by atoms with E-state index in [0.29, 0.717) is 45.1 Å². The average Bonchev–Trinajstić information content (AvgIpc) is 3.13. The van der Waals surface area contributed by atoms with E-state index in [1.54, 1.807) is 60.7 Å². The summed E-state index contributed by atoms with van der Waals surface area (Å²) >= 11 is 0. The number of amides is 2. The molecule has 0 aliphatic carbocycles. The molecule has 0 saturated heterocycles. The molecule has 0 saturated carbocycles. The quantitative estimate of drug-likeness (QED) is 0.137. The van der Waals surface area contributed by atoms with Crippen LogP contribution in [-0.2, 0) is 0 Å². The van der Waals surface area contributed by atoms with Gasteiger partial charge in [0.2, 0.25) is 0 Å². The Labute approximate surface area is 283 Å². The average molecular weight is 641 g/mol. The first-order valence-corrected chi connectivity index (χ1v) is 15.2. The number of phenolic OH excluding ortho intramolecular Hbond substituents is 2. The fourth-order valence-corrected chi connectivity index (χ4v) is 4.63. The summed E-state index contributed by atoms with van der Waals surface area (Å²) in [5.41, 5.74) is 4.12. The Morgan fingerprint density at radius 1 is 0.469 bits per heavy atom. The molecule has 0 atom stereocenters. The van der Waals surface area contributed by atoms with E-state index in [4.69, 9.17) is 4.74 Å². The number of benzene rings is 6. The molecule has 7 heteroatoms. The van der Waals surface area contributed by atoms with Crippen molar-refractivity contribution < 1.29 is 24.5 Å². The first kappa shape index (κ1) is 31.7. The first-order valence-electron chi connectivity index (χ1n) is 15.2. The second-order valence-electron chi connectivity index (χ2n) is 10.8. The molecule has 6 aromatic rings. The molecule has 7 nitrogen and oxygen atoms in total. The van der Waals surface area contributed by atoms with Crippen LogP contribution in [0.25, 0.3) is 0 Å². The molecule has 0 fully saturated rings. The normalized spacial score (nSPS) is 10.0. The summed E-state index contributed by atoms with van der Waals surface area (Å²) in [4.78, 5) is 25.8. The molecule has 49 heavy (non-hydrogen) atoms. The number of anilines is 2. The molecule has 0 aromatic heterocycles. The van der Waals surface area contributed by atoms with Gasteiger partial charge in [-0.3, -0.25) is 9.59 Å². The van der Waals surface area contributed by atoms with E-state index < -0.39 is 0 Å². The van der Waals surface area contributed by atoms with E-state index in [1.807, 2.05) is 60.7 Å². The van der Waals surface area contributed by atoms with Crippen LogP contribution < -0.4 is 15.4 Å². The van der Waals surface area contributed by atoms with Gasteiger partial charge in [0.05, 0.1) is 11.1 Å². The van der Waals surface area contributed by atoms with Crippen LogP contribution in [0.4, 0.5) is 11.4 Å². The van der Waals surface area contributed by atoms with Crippen molar-refractivity contribution in [2.45, 2.75) is 0 Å². The van der Waals surface area contributed by atoms with Gasteiger partial charge in [0.15, 0.2) is 0 Å². The Kier molecular flexibility index (Phi) is 9.66. The molecule has 0 aliphatic heterocycles. The standard InChI is InChI=1S/C42H28N2O5/c45-39-25-15-33(27-31(39)13-11-29-7-3-1-4-8-29)41(47)43-35-17-21-37(22-18-35)49-38-23-19-36(20-24-38)44-42(48)34-16-26-40(46)32(28-34)14-12-30-9-5-2-6-10-30/h1-10,15-28,45-46H,(H,43,47)(H,44,48). The molecule has 2 amide bonds. The lowest BCUT2D eigenvalue weighted by Crippen LogP contribution is -2.12. The molecular weight excluding hydrogens is 612 g/mol. The van der Waals surface area contributed by atoms with Crippen molar-refractivity contribution in [3.05, 3.63) is 179 Å². The highest BCUT2D eigenvalue weighted by molar-refractivity contribution is 6.05. The van der Waals surface area contributed by atoms with Gasteiger partial charge in [0.25, 0.3) is 11.8 Å². The lowest BCUT2D eigenvalue weighted by molar-refractivity contribution is 0.101. The van der Waals surface area contributed by atoms with Gasteiger partial charge in [0.1, 0.15) is 23.0 Å². The molecule has 0 radical (unpaired) electrons. The highest BCUT2D eigenvalue weighted by Gasteiger charge is 2.11. The van der Waals surface area contributed by atoms with Gasteiger partial charge in [-0.25, -0.2) is 0 Å². The molecule has 0 spiro atoms. The fraction of sp³-hybridized carbons (Fsp3) is 0. The summed E-state index contributed by atoms with van der Waals surface area (Å²) in [6.45, 7) is 0.